The molecule has 0 unspecified atom stereocenters. The Morgan fingerprint density at radius 2 is 2.06 bits per heavy atom. The molecule has 0 bridgehead atoms. The second-order valence-corrected chi connectivity index (χ2v) is 4.24. The zero-order valence-corrected chi connectivity index (χ0v) is 10.6. The van der Waals surface area contributed by atoms with Crippen molar-refractivity contribution in [1.82, 2.24) is 0 Å². The average Bonchev–Trinajstić information content (AvgIpc) is 2.26. The van der Waals surface area contributed by atoms with E-state index >= 15 is 0 Å². The van der Waals surface area contributed by atoms with Gasteiger partial charge in [0, 0.05) is 10.9 Å². The quantitative estimate of drug-likeness (QED) is 0.798. The van der Waals surface area contributed by atoms with E-state index in [9.17, 15) is 18.0 Å². The summed E-state index contributed by atoms with van der Waals surface area (Å²) in [5, 5.41) is 0. The largest absolute Gasteiger partial charge is 0.469 e. The third-order valence-electron chi connectivity index (χ3n) is 2.18. The normalized spacial score (nSPS) is 11.4. The first kappa shape index (κ1) is 14.0. The SMILES string of the molecule is COC(=O)CCc1ccc(Br)c(C(F)(F)F)c1. The molecule has 0 N–H and O–H groups in total. The van der Waals surface area contributed by atoms with E-state index in [2.05, 4.69) is 20.7 Å². The van der Waals surface area contributed by atoms with Crippen LogP contribution in [0, 0.1) is 0 Å². The first-order chi connectivity index (χ1) is 7.84. The Labute approximate surface area is 105 Å². The lowest BCUT2D eigenvalue weighted by molar-refractivity contribution is -0.140. The summed E-state index contributed by atoms with van der Waals surface area (Å²) < 4.78 is 42.1. The van der Waals surface area contributed by atoms with Gasteiger partial charge in [0.1, 0.15) is 0 Å². The number of carbonyl (C=O) groups excluding carboxylic acids is 1. The number of alkyl halides is 3. The highest BCUT2D eigenvalue weighted by atomic mass is 79.9. The molecular formula is C11H10BrF3O2. The van der Waals surface area contributed by atoms with Gasteiger partial charge in [-0.05, 0) is 24.1 Å². The van der Waals surface area contributed by atoms with Crippen molar-refractivity contribution in [2.45, 2.75) is 19.0 Å². The second-order valence-electron chi connectivity index (χ2n) is 3.39. The number of hydrogen-bond acceptors (Lipinski definition) is 2. The van der Waals surface area contributed by atoms with E-state index < -0.39 is 17.7 Å². The molecule has 0 spiro atoms. The zero-order chi connectivity index (χ0) is 13.1. The van der Waals surface area contributed by atoms with Crippen LogP contribution in [0.5, 0.6) is 0 Å². The molecule has 0 amide bonds. The molecule has 6 heteroatoms. The molecule has 0 aliphatic rings. The molecule has 1 aromatic carbocycles. The number of esters is 1. The standard InChI is InChI=1S/C11H10BrF3O2/c1-17-10(16)5-3-7-2-4-9(12)8(6-7)11(13,14)15/h2,4,6H,3,5H2,1H3. The first-order valence-corrected chi connectivity index (χ1v) is 5.56. The molecule has 0 saturated carbocycles. The summed E-state index contributed by atoms with van der Waals surface area (Å²) in [5.41, 5.74) is -0.286. The van der Waals surface area contributed by atoms with Crippen LogP contribution in [0.25, 0.3) is 0 Å². The van der Waals surface area contributed by atoms with Crippen LogP contribution in [0.15, 0.2) is 22.7 Å². The number of ether oxygens (including phenoxy) is 1. The number of hydrogen-bond donors (Lipinski definition) is 0. The number of carbonyl (C=O) groups is 1. The second kappa shape index (κ2) is 5.53. The van der Waals surface area contributed by atoms with E-state index in [1.165, 1.54) is 13.2 Å². The highest BCUT2D eigenvalue weighted by Crippen LogP contribution is 2.35. The molecule has 0 fully saturated rings. The Morgan fingerprint density at radius 3 is 2.59 bits per heavy atom. The van der Waals surface area contributed by atoms with Gasteiger partial charge in [-0.2, -0.15) is 13.2 Å². The Balaban J connectivity index is 2.86. The van der Waals surface area contributed by atoms with Gasteiger partial charge in [-0.3, -0.25) is 4.79 Å². The van der Waals surface area contributed by atoms with E-state index in [0.29, 0.717) is 5.56 Å². The van der Waals surface area contributed by atoms with Crippen LogP contribution in [0.3, 0.4) is 0 Å². The summed E-state index contributed by atoms with van der Waals surface area (Å²) in [7, 11) is 1.24. The maximum Gasteiger partial charge on any atom is 0.417 e. The van der Waals surface area contributed by atoms with E-state index in [1.807, 2.05) is 0 Å². The van der Waals surface area contributed by atoms with Crippen LogP contribution in [-0.2, 0) is 22.1 Å². The Kier molecular flexibility index (Phi) is 4.56. The number of benzene rings is 1. The maximum absolute atomic E-state index is 12.6. The van der Waals surface area contributed by atoms with Gasteiger partial charge in [-0.25, -0.2) is 0 Å². The molecule has 0 aliphatic carbocycles. The Morgan fingerprint density at radius 1 is 1.41 bits per heavy atom. The molecule has 0 radical (unpaired) electrons. The molecule has 17 heavy (non-hydrogen) atoms. The van der Waals surface area contributed by atoms with E-state index in [4.69, 9.17) is 0 Å². The van der Waals surface area contributed by atoms with Crippen molar-refractivity contribution in [2.24, 2.45) is 0 Å². The summed E-state index contributed by atoms with van der Waals surface area (Å²) in [6.07, 6.45) is -4.11. The van der Waals surface area contributed by atoms with Gasteiger partial charge in [-0.15, -0.1) is 0 Å². The minimum atomic E-state index is -4.40. The minimum absolute atomic E-state index is 0.00758. The van der Waals surface area contributed by atoms with Crippen LogP contribution >= 0.6 is 15.9 Å². The molecule has 2 nitrogen and oxygen atoms in total. The lowest BCUT2D eigenvalue weighted by Crippen LogP contribution is -2.07. The fourth-order valence-electron chi connectivity index (χ4n) is 1.29. The molecule has 1 aromatic rings. The van der Waals surface area contributed by atoms with Crippen molar-refractivity contribution in [3.05, 3.63) is 33.8 Å². The Bertz CT molecular complexity index is 416. The fraction of sp³-hybridized carbons (Fsp3) is 0.364. The van der Waals surface area contributed by atoms with Gasteiger partial charge in [0.2, 0.25) is 0 Å². The van der Waals surface area contributed by atoms with Gasteiger partial charge in [0.05, 0.1) is 12.7 Å². The minimum Gasteiger partial charge on any atom is -0.469 e. The predicted octanol–water partition coefficient (Wildman–Crippen LogP) is 3.57. The third-order valence-corrected chi connectivity index (χ3v) is 2.87. The van der Waals surface area contributed by atoms with Crippen molar-refractivity contribution in [3.8, 4) is 0 Å². The predicted molar refractivity (Wildman–Crippen MR) is 59.5 cm³/mol. The van der Waals surface area contributed by atoms with Crippen molar-refractivity contribution >= 4 is 21.9 Å². The van der Waals surface area contributed by atoms with E-state index in [-0.39, 0.29) is 17.3 Å². The number of halogens is 4. The molecule has 0 aliphatic heterocycles. The van der Waals surface area contributed by atoms with Crippen molar-refractivity contribution < 1.29 is 22.7 Å². The van der Waals surface area contributed by atoms with Crippen LogP contribution in [0.1, 0.15) is 17.5 Å². The van der Waals surface area contributed by atoms with E-state index in [1.54, 1.807) is 6.07 Å². The fourth-order valence-corrected chi connectivity index (χ4v) is 1.77. The third kappa shape index (κ3) is 4.03. The van der Waals surface area contributed by atoms with Crippen molar-refractivity contribution in [2.75, 3.05) is 7.11 Å². The van der Waals surface area contributed by atoms with Crippen molar-refractivity contribution in [1.29, 1.82) is 0 Å². The van der Waals surface area contributed by atoms with E-state index in [0.717, 1.165) is 6.07 Å². The van der Waals surface area contributed by atoms with Gasteiger partial charge in [0.15, 0.2) is 0 Å². The van der Waals surface area contributed by atoms with Crippen molar-refractivity contribution in [3.63, 3.8) is 0 Å². The summed E-state index contributed by atoms with van der Waals surface area (Å²) in [6, 6.07) is 3.91. The van der Waals surface area contributed by atoms with Gasteiger partial charge in [0.25, 0.3) is 0 Å². The van der Waals surface area contributed by atoms with Crippen LogP contribution in [0.4, 0.5) is 13.2 Å². The average molecular weight is 311 g/mol. The lowest BCUT2D eigenvalue weighted by atomic mass is 10.1. The molecule has 0 saturated heterocycles. The zero-order valence-electron chi connectivity index (χ0n) is 8.97. The first-order valence-electron chi connectivity index (χ1n) is 4.77. The van der Waals surface area contributed by atoms with Crippen LogP contribution in [0.2, 0.25) is 0 Å². The highest BCUT2D eigenvalue weighted by molar-refractivity contribution is 9.10. The maximum atomic E-state index is 12.6. The molecule has 0 heterocycles. The molecule has 94 valence electrons. The summed E-state index contributed by atoms with van der Waals surface area (Å²) >= 11 is 2.85. The van der Waals surface area contributed by atoms with Gasteiger partial charge in [-0.1, -0.05) is 22.0 Å². The monoisotopic (exact) mass is 310 g/mol. The lowest BCUT2D eigenvalue weighted by Gasteiger charge is -2.10. The topological polar surface area (TPSA) is 26.3 Å². The molecular weight excluding hydrogens is 301 g/mol. The smallest absolute Gasteiger partial charge is 0.417 e. The van der Waals surface area contributed by atoms with Gasteiger partial charge >= 0.3 is 12.1 Å². The summed E-state index contributed by atoms with van der Waals surface area (Å²) in [5.74, 6) is -0.443. The van der Waals surface area contributed by atoms with Crippen LogP contribution in [-0.4, -0.2) is 13.1 Å². The molecule has 0 aromatic heterocycles. The molecule has 1 rings (SSSR count). The Hall–Kier alpha value is -1.04. The van der Waals surface area contributed by atoms with Crippen LogP contribution < -0.4 is 0 Å². The number of rotatable bonds is 3. The number of methoxy groups -OCH3 is 1. The number of aryl methyl sites for hydroxylation is 1. The molecule has 0 atom stereocenters. The summed E-state index contributed by atoms with van der Waals surface area (Å²) in [4.78, 5) is 10.9. The highest BCUT2D eigenvalue weighted by Gasteiger charge is 2.33. The van der Waals surface area contributed by atoms with Gasteiger partial charge < -0.3 is 4.74 Å². The summed E-state index contributed by atoms with van der Waals surface area (Å²) in [6.45, 7) is 0.